The Morgan fingerprint density at radius 1 is 1.15 bits per heavy atom. The Labute approximate surface area is 222 Å². The van der Waals surface area contributed by atoms with Gasteiger partial charge in [-0.2, -0.15) is 13.2 Å². The zero-order valence-corrected chi connectivity index (χ0v) is 21.2. The topological polar surface area (TPSA) is 112 Å². The third-order valence-corrected chi connectivity index (χ3v) is 6.60. The normalized spacial score (nSPS) is 12.3. The Balaban J connectivity index is 1.76. The quantitative estimate of drug-likeness (QED) is 0.265. The van der Waals surface area contributed by atoms with Gasteiger partial charge in [0.05, 0.1) is 16.8 Å². The van der Waals surface area contributed by atoms with Gasteiger partial charge in [-0.25, -0.2) is 23.2 Å². The van der Waals surface area contributed by atoms with Crippen molar-refractivity contribution in [1.29, 1.82) is 0 Å². The van der Waals surface area contributed by atoms with Gasteiger partial charge >= 0.3 is 12.1 Å². The van der Waals surface area contributed by atoms with E-state index in [1.807, 2.05) is 5.43 Å². The number of rotatable bonds is 6. The van der Waals surface area contributed by atoms with Gasteiger partial charge in [-0.1, -0.05) is 0 Å². The summed E-state index contributed by atoms with van der Waals surface area (Å²) in [6.07, 6.45) is -0.916. The standard InChI is InChI=1S/C26H21F5N6O3/c1-32-17-6-16(27)21(28)19-12(17)5-18-20(19)22(36(2)3)14(8-33-18)11-4-13-23(38)15(25(39)40)9-37(24(13)34-7-11)35-10-26(29,30)31/h4,6-9,32,35H,5,10H2,1-3H3,(H,39,40). The van der Waals surface area contributed by atoms with Crippen molar-refractivity contribution in [2.24, 2.45) is 0 Å². The number of nitrogens with one attached hydrogen (secondary N) is 2. The summed E-state index contributed by atoms with van der Waals surface area (Å²) in [6, 6.07) is 2.36. The van der Waals surface area contributed by atoms with Crippen molar-refractivity contribution in [2.75, 3.05) is 43.3 Å². The largest absolute Gasteiger partial charge is 0.477 e. The predicted molar refractivity (Wildman–Crippen MR) is 139 cm³/mol. The first kappa shape index (κ1) is 26.8. The second-order valence-corrected chi connectivity index (χ2v) is 9.33. The number of anilines is 2. The highest BCUT2D eigenvalue weighted by molar-refractivity contribution is 5.98. The first-order chi connectivity index (χ1) is 18.8. The molecule has 3 aromatic heterocycles. The van der Waals surface area contributed by atoms with Crippen molar-refractivity contribution in [1.82, 2.24) is 14.6 Å². The zero-order chi connectivity index (χ0) is 29.1. The Morgan fingerprint density at radius 3 is 2.50 bits per heavy atom. The number of pyridine rings is 3. The summed E-state index contributed by atoms with van der Waals surface area (Å²) in [5.74, 6) is -3.73. The van der Waals surface area contributed by atoms with Crippen LogP contribution in [0.15, 0.2) is 35.5 Å². The van der Waals surface area contributed by atoms with Gasteiger partial charge in [0.2, 0.25) is 5.43 Å². The molecule has 0 fully saturated rings. The smallest absolute Gasteiger partial charge is 0.407 e. The third kappa shape index (κ3) is 4.34. The number of hydrogen-bond acceptors (Lipinski definition) is 7. The first-order valence-electron chi connectivity index (χ1n) is 11.8. The molecule has 5 rings (SSSR count). The lowest BCUT2D eigenvalue weighted by atomic mass is 9.97. The molecule has 0 amide bonds. The van der Waals surface area contributed by atoms with Crippen LogP contribution in [0.1, 0.15) is 21.6 Å². The minimum Gasteiger partial charge on any atom is -0.477 e. The highest BCUT2D eigenvalue weighted by Crippen LogP contribution is 2.49. The molecule has 0 atom stereocenters. The van der Waals surface area contributed by atoms with E-state index < -0.39 is 41.3 Å². The van der Waals surface area contributed by atoms with Crippen molar-refractivity contribution >= 4 is 28.4 Å². The molecule has 4 aromatic rings. The first-order valence-corrected chi connectivity index (χ1v) is 11.8. The van der Waals surface area contributed by atoms with Crippen LogP contribution in [-0.2, 0) is 6.42 Å². The van der Waals surface area contributed by atoms with Crippen LogP contribution in [0.4, 0.5) is 33.3 Å². The molecule has 9 nitrogen and oxygen atoms in total. The van der Waals surface area contributed by atoms with E-state index >= 15 is 4.39 Å². The zero-order valence-electron chi connectivity index (χ0n) is 21.2. The van der Waals surface area contributed by atoms with Gasteiger partial charge in [-0.05, 0) is 11.6 Å². The van der Waals surface area contributed by atoms with Gasteiger partial charge < -0.3 is 20.7 Å². The second-order valence-electron chi connectivity index (χ2n) is 9.33. The maximum atomic E-state index is 15.2. The second kappa shape index (κ2) is 9.47. The number of halogens is 5. The summed E-state index contributed by atoms with van der Waals surface area (Å²) in [5, 5.41) is 12.1. The lowest BCUT2D eigenvalue weighted by molar-refractivity contribution is -0.116. The molecule has 0 bridgehead atoms. The van der Waals surface area contributed by atoms with Gasteiger partial charge in [-0.3, -0.25) is 9.78 Å². The SMILES string of the molecule is CNc1cc(F)c(F)c2c1Cc1ncc(-c3cnc4c(c3)c(=O)c(C(=O)O)cn4NCC(F)(F)F)c(N(C)C)c1-2. The maximum absolute atomic E-state index is 15.2. The molecule has 0 aliphatic heterocycles. The molecule has 40 heavy (non-hydrogen) atoms. The van der Waals surface area contributed by atoms with Crippen LogP contribution in [0.2, 0.25) is 0 Å². The minimum atomic E-state index is -4.63. The molecule has 0 saturated carbocycles. The molecule has 0 saturated heterocycles. The molecular weight excluding hydrogens is 539 g/mol. The molecule has 3 N–H and O–H groups in total. The molecule has 1 aliphatic carbocycles. The van der Waals surface area contributed by atoms with Crippen LogP contribution in [0.25, 0.3) is 33.3 Å². The van der Waals surface area contributed by atoms with E-state index in [1.165, 1.54) is 18.5 Å². The Bertz CT molecular complexity index is 1770. The summed E-state index contributed by atoms with van der Waals surface area (Å²) in [5.41, 5.74) is 2.90. The van der Waals surface area contributed by atoms with E-state index in [-0.39, 0.29) is 28.6 Å². The predicted octanol–water partition coefficient (Wildman–Crippen LogP) is 4.22. The van der Waals surface area contributed by atoms with E-state index in [9.17, 15) is 32.3 Å². The molecule has 1 aromatic carbocycles. The van der Waals surface area contributed by atoms with Crippen LogP contribution >= 0.6 is 0 Å². The lowest BCUT2D eigenvalue weighted by Gasteiger charge is -2.22. The van der Waals surface area contributed by atoms with Gasteiger partial charge in [0.15, 0.2) is 17.3 Å². The average Bonchev–Trinajstić information content (AvgIpc) is 3.28. The number of hydrogen-bond donors (Lipinski definition) is 3. The molecule has 0 unspecified atom stereocenters. The van der Waals surface area contributed by atoms with E-state index in [0.29, 0.717) is 33.8 Å². The van der Waals surface area contributed by atoms with Gasteiger partial charge in [-0.15, -0.1) is 0 Å². The highest BCUT2D eigenvalue weighted by Gasteiger charge is 2.33. The maximum Gasteiger partial charge on any atom is 0.407 e. The van der Waals surface area contributed by atoms with E-state index in [0.717, 1.165) is 16.9 Å². The fourth-order valence-corrected chi connectivity index (χ4v) is 4.92. The average molecular weight is 560 g/mol. The third-order valence-electron chi connectivity index (χ3n) is 6.60. The highest BCUT2D eigenvalue weighted by atomic mass is 19.4. The van der Waals surface area contributed by atoms with Gasteiger partial charge in [0.25, 0.3) is 0 Å². The Kier molecular flexibility index (Phi) is 6.35. The Morgan fingerprint density at radius 2 is 1.88 bits per heavy atom. The molecule has 1 aliphatic rings. The van der Waals surface area contributed by atoms with Crippen molar-refractivity contribution in [3.63, 3.8) is 0 Å². The number of alkyl halides is 3. The van der Waals surface area contributed by atoms with Crippen LogP contribution < -0.4 is 21.1 Å². The number of fused-ring (bicyclic) bond motifs is 4. The number of nitrogens with zero attached hydrogens (tertiary/aromatic N) is 4. The van der Waals surface area contributed by atoms with Gasteiger partial charge in [0.1, 0.15) is 12.1 Å². The number of benzene rings is 1. The van der Waals surface area contributed by atoms with Crippen LogP contribution in [0.3, 0.4) is 0 Å². The summed E-state index contributed by atoms with van der Waals surface area (Å²) in [6.45, 7) is -1.51. The summed E-state index contributed by atoms with van der Waals surface area (Å²) in [7, 11) is 4.95. The summed E-state index contributed by atoms with van der Waals surface area (Å²) in [4.78, 5) is 35.0. The number of carbonyl (C=O) groups is 1. The number of carboxylic acid groups (broad SMARTS) is 1. The molecule has 14 heteroatoms. The molecule has 0 spiro atoms. The molecular formula is C26H21F5N6O3. The lowest BCUT2D eigenvalue weighted by Crippen LogP contribution is -2.30. The van der Waals surface area contributed by atoms with E-state index in [2.05, 4.69) is 15.3 Å². The van der Waals surface area contributed by atoms with E-state index in [1.54, 1.807) is 26.0 Å². The van der Waals surface area contributed by atoms with Crippen LogP contribution in [0, 0.1) is 11.6 Å². The Hall–Kier alpha value is -4.75. The van der Waals surface area contributed by atoms with Crippen LogP contribution in [-0.4, -0.2) is 59.6 Å². The molecule has 208 valence electrons. The molecule has 3 heterocycles. The van der Waals surface area contributed by atoms with E-state index in [4.69, 9.17) is 0 Å². The number of aromatic carboxylic acids is 1. The molecule has 0 radical (unpaired) electrons. The van der Waals surface area contributed by atoms with Crippen molar-refractivity contribution in [3.8, 4) is 22.3 Å². The summed E-state index contributed by atoms with van der Waals surface area (Å²) < 4.78 is 69.1. The number of carboxylic acids is 1. The van der Waals surface area contributed by atoms with Crippen molar-refractivity contribution in [3.05, 3.63) is 69.4 Å². The fourth-order valence-electron chi connectivity index (χ4n) is 4.92. The monoisotopic (exact) mass is 560 g/mol. The van der Waals surface area contributed by atoms with Crippen molar-refractivity contribution < 1.29 is 31.9 Å². The van der Waals surface area contributed by atoms with Crippen molar-refractivity contribution in [2.45, 2.75) is 12.6 Å². The minimum absolute atomic E-state index is 0.0398. The van der Waals surface area contributed by atoms with Gasteiger partial charge in [0, 0.05) is 80.2 Å². The van der Waals surface area contributed by atoms with Crippen LogP contribution in [0.5, 0.6) is 0 Å². The fraction of sp³-hybridized carbons (Fsp3) is 0.231. The number of aromatic nitrogens is 3. The summed E-state index contributed by atoms with van der Waals surface area (Å²) >= 11 is 0.